The predicted molar refractivity (Wildman–Crippen MR) is 94.8 cm³/mol. The Morgan fingerprint density at radius 3 is 2.29 bits per heavy atom. The van der Waals surface area contributed by atoms with Crippen molar-refractivity contribution < 1.29 is 19.6 Å². The van der Waals surface area contributed by atoms with Gasteiger partial charge < -0.3 is 4.90 Å². The summed E-state index contributed by atoms with van der Waals surface area (Å²) in [4.78, 5) is 24.8. The molecule has 1 aromatic rings. The standard InChI is InChI=1S/C18H26BrNO4/c1-13(2)17-9-4-14(3)10-18(17)23-21-11-20(12-22-24-18)16-7-5-15(19)6-8-16/h5-8,13-14,17H,4,9-12H2,1-3H3/t14-,17+/m1/s1. The molecular weight excluding hydrogens is 374 g/mol. The monoisotopic (exact) mass is 399 g/mol. The van der Waals surface area contributed by atoms with Gasteiger partial charge >= 0.3 is 0 Å². The molecule has 1 saturated heterocycles. The van der Waals surface area contributed by atoms with Gasteiger partial charge in [-0.3, -0.25) is 0 Å². The summed E-state index contributed by atoms with van der Waals surface area (Å²) < 4.78 is 1.03. The van der Waals surface area contributed by atoms with Crippen LogP contribution in [0.4, 0.5) is 5.69 Å². The van der Waals surface area contributed by atoms with E-state index in [4.69, 9.17) is 19.6 Å². The zero-order chi connectivity index (χ0) is 17.2. The molecule has 1 aliphatic carbocycles. The summed E-state index contributed by atoms with van der Waals surface area (Å²) in [5.41, 5.74) is 0.985. The van der Waals surface area contributed by atoms with Gasteiger partial charge in [0, 0.05) is 22.5 Å². The van der Waals surface area contributed by atoms with E-state index in [2.05, 4.69) is 36.7 Å². The van der Waals surface area contributed by atoms with Crippen LogP contribution in [0, 0.1) is 17.8 Å². The number of nitrogens with zero attached hydrogens (tertiary/aromatic N) is 1. The van der Waals surface area contributed by atoms with Crippen LogP contribution < -0.4 is 4.90 Å². The summed E-state index contributed by atoms with van der Waals surface area (Å²) in [7, 11) is 0. The van der Waals surface area contributed by atoms with E-state index in [1.165, 1.54) is 6.42 Å². The second-order valence-electron chi connectivity index (χ2n) is 7.23. The van der Waals surface area contributed by atoms with Crippen LogP contribution in [-0.2, 0) is 19.6 Å². The molecule has 1 spiro atoms. The lowest BCUT2D eigenvalue weighted by atomic mass is 9.73. The van der Waals surface area contributed by atoms with E-state index in [1.54, 1.807) is 0 Å². The summed E-state index contributed by atoms with van der Waals surface area (Å²) in [5.74, 6) is 0.409. The molecule has 6 heteroatoms. The van der Waals surface area contributed by atoms with Gasteiger partial charge in [-0.05, 0) is 42.5 Å². The minimum Gasteiger partial charge on any atom is -0.320 e. The Labute approximate surface area is 152 Å². The average Bonchev–Trinajstić information content (AvgIpc) is 2.52. The molecule has 24 heavy (non-hydrogen) atoms. The van der Waals surface area contributed by atoms with Crippen LogP contribution in [0.2, 0.25) is 0 Å². The van der Waals surface area contributed by atoms with Gasteiger partial charge in [0.25, 0.3) is 0 Å². The molecule has 0 N–H and O–H groups in total. The van der Waals surface area contributed by atoms with Crippen molar-refractivity contribution in [1.82, 2.24) is 0 Å². The van der Waals surface area contributed by atoms with Crippen LogP contribution in [0.3, 0.4) is 0 Å². The molecule has 134 valence electrons. The van der Waals surface area contributed by atoms with Gasteiger partial charge in [-0.1, -0.05) is 43.1 Å². The maximum absolute atomic E-state index is 5.83. The van der Waals surface area contributed by atoms with E-state index in [0.717, 1.165) is 23.0 Å². The first-order chi connectivity index (χ1) is 11.5. The predicted octanol–water partition coefficient (Wildman–Crippen LogP) is 4.87. The Bertz CT molecular complexity index is 526. The summed E-state index contributed by atoms with van der Waals surface area (Å²) >= 11 is 3.44. The van der Waals surface area contributed by atoms with Gasteiger partial charge in [-0.25, -0.2) is 9.78 Å². The summed E-state index contributed by atoms with van der Waals surface area (Å²) in [6.07, 6.45) is 3.03. The van der Waals surface area contributed by atoms with E-state index in [1.807, 2.05) is 29.2 Å². The number of halogens is 1. The van der Waals surface area contributed by atoms with Crippen molar-refractivity contribution in [2.75, 3.05) is 18.4 Å². The third kappa shape index (κ3) is 3.94. The van der Waals surface area contributed by atoms with E-state index < -0.39 is 5.79 Å². The fourth-order valence-electron chi connectivity index (χ4n) is 3.69. The minimum atomic E-state index is -0.808. The second-order valence-corrected chi connectivity index (χ2v) is 8.14. The minimum absolute atomic E-state index is 0.257. The van der Waals surface area contributed by atoms with Gasteiger partial charge in [0.15, 0.2) is 13.5 Å². The SMILES string of the molecule is CC(C)[C@@H]1CC[C@@H](C)CC12OOCN(c1ccc(Br)cc1)COO2. The maximum Gasteiger partial charge on any atom is 0.237 e. The normalized spacial score (nSPS) is 28.0. The number of benzene rings is 1. The topological polar surface area (TPSA) is 40.2 Å². The summed E-state index contributed by atoms with van der Waals surface area (Å²) in [5, 5.41) is 0. The van der Waals surface area contributed by atoms with Crippen molar-refractivity contribution in [3.63, 3.8) is 0 Å². The lowest BCUT2D eigenvalue weighted by molar-refractivity contribution is -0.542. The highest BCUT2D eigenvalue weighted by Crippen LogP contribution is 2.45. The van der Waals surface area contributed by atoms with Crippen LogP contribution in [-0.4, -0.2) is 19.2 Å². The lowest BCUT2D eigenvalue weighted by Crippen LogP contribution is -2.52. The van der Waals surface area contributed by atoms with Gasteiger partial charge in [0.05, 0.1) is 0 Å². The first kappa shape index (κ1) is 18.1. The average molecular weight is 400 g/mol. The molecular formula is C18H26BrNO4. The van der Waals surface area contributed by atoms with E-state index in [-0.39, 0.29) is 5.92 Å². The van der Waals surface area contributed by atoms with Crippen molar-refractivity contribution in [3.8, 4) is 0 Å². The number of rotatable bonds is 2. The fourth-order valence-corrected chi connectivity index (χ4v) is 3.95. The molecule has 0 amide bonds. The molecule has 1 aromatic carbocycles. The Balaban J connectivity index is 1.69. The van der Waals surface area contributed by atoms with Gasteiger partial charge in [0.1, 0.15) is 0 Å². The number of hydrogen-bond acceptors (Lipinski definition) is 5. The van der Waals surface area contributed by atoms with Crippen LogP contribution >= 0.6 is 15.9 Å². The van der Waals surface area contributed by atoms with Gasteiger partial charge in [-0.2, -0.15) is 9.78 Å². The second kappa shape index (κ2) is 7.70. The molecule has 2 fully saturated rings. The van der Waals surface area contributed by atoms with E-state index in [9.17, 15) is 0 Å². The van der Waals surface area contributed by atoms with Gasteiger partial charge in [0.2, 0.25) is 5.79 Å². The molecule has 3 rings (SSSR count). The first-order valence-corrected chi connectivity index (χ1v) is 9.41. The molecule has 2 aliphatic rings. The molecule has 0 aromatic heterocycles. The number of hydrogen-bond donors (Lipinski definition) is 0. The van der Waals surface area contributed by atoms with E-state index in [0.29, 0.717) is 25.3 Å². The largest absolute Gasteiger partial charge is 0.320 e. The zero-order valence-electron chi connectivity index (χ0n) is 14.5. The quantitative estimate of drug-likeness (QED) is 0.663. The maximum atomic E-state index is 5.83. The Morgan fingerprint density at radius 1 is 1.08 bits per heavy atom. The molecule has 0 radical (unpaired) electrons. The smallest absolute Gasteiger partial charge is 0.237 e. The molecule has 1 aliphatic heterocycles. The third-order valence-electron chi connectivity index (χ3n) is 4.98. The highest BCUT2D eigenvalue weighted by atomic mass is 79.9. The van der Waals surface area contributed by atoms with Crippen molar-refractivity contribution in [2.45, 2.75) is 45.8 Å². The molecule has 1 heterocycles. The van der Waals surface area contributed by atoms with Gasteiger partial charge in [-0.15, -0.1) is 0 Å². The van der Waals surface area contributed by atoms with Crippen molar-refractivity contribution >= 4 is 21.6 Å². The van der Waals surface area contributed by atoms with Crippen molar-refractivity contribution in [2.24, 2.45) is 17.8 Å². The lowest BCUT2D eigenvalue weighted by Gasteiger charge is -2.46. The third-order valence-corrected chi connectivity index (χ3v) is 5.51. The Hall–Kier alpha value is -0.660. The van der Waals surface area contributed by atoms with Crippen LogP contribution in [0.1, 0.15) is 40.0 Å². The van der Waals surface area contributed by atoms with Crippen LogP contribution in [0.25, 0.3) is 0 Å². The summed E-state index contributed by atoms with van der Waals surface area (Å²) in [6, 6.07) is 7.95. The fraction of sp³-hybridized carbons (Fsp3) is 0.667. The molecule has 5 nitrogen and oxygen atoms in total. The Morgan fingerprint density at radius 2 is 1.71 bits per heavy atom. The molecule has 1 saturated carbocycles. The van der Waals surface area contributed by atoms with Crippen LogP contribution in [0.15, 0.2) is 28.7 Å². The van der Waals surface area contributed by atoms with Crippen molar-refractivity contribution in [3.05, 3.63) is 28.7 Å². The molecule has 2 atom stereocenters. The first-order valence-electron chi connectivity index (χ1n) is 8.62. The summed E-state index contributed by atoms with van der Waals surface area (Å²) in [6.45, 7) is 7.21. The van der Waals surface area contributed by atoms with E-state index >= 15 is 0 Å². The zero-order valence-corrected chi connectivity index (χ0v) is 16.1. The number of anilines is 1. The highest BCUT2D eigenvalue weighted by molar-refractivity contribution is 9.10. The highest BCUT2D eigenvalue weighted by Gasteiger charge is 2.50. The molecule has 0 bridgehead atoms. The van der Waals surface area contributed by atoms with Crippen LogP contribution in [0.5, 0.6) is 0 Å². The molecule has 0 unspecified atom stereocenters. The Kier molecular flexibility index (Phi) is 5.82. The van der Waals surface area contributed by atoms with Crippen molar-refractivity contribution in [1.29, 1.82) is 0 Å².